The van der Waals surface area contributed by atoms with Gasteiger partial charge in [0.1, 0.15) is 0 Å². The van der Waals surface area contributed by atoms with E-state index < -0.39 is 0 Å². The lowest BCUT2D eigenvalue weighted by Gasteiger charge is -2.45. The third-order valence-corrected chi connectivity index (χ3v) is 4.19. The molecule has 1 aromatic heterocycles. The van der Waals surface area contributed by atoms with Gasteiger partial charge >= 0.3 is 0 Å². The minimum atomic E-state index is -0.0200. The summed E-state index contributed by atoms with van der Waals surface area (Å²) in [6.07, 6.45) is 1.71. The van der Waals surface area contributed by atoms with E-state index in [1.807, 2.05) is 6.07 Å². The molecule has 0 spiro atoms. The van der Waals surface area contributed by atoms with Gasteiger partial charge in [-0.3, -0.25) is 4.90 Å². The number of piperazine rings is 1. The maximum Gasteiger partial charge on any atom is 0.150 e. The molecule has 4 heteroatoms. The number of hydrogen-bond donors (Lipinski definition) is 1. The summed E-state index contributed by atoms with van der Waals surface area (Å²) in [5.74, 6) is 0.925. The van der Waals surface area contributed by atoms with E-state index in [2.05, 4.69) is 59.6 Å². The Balaban J connectivity index is 1.78. The minimum Gasteiger partial charge on any atom is -0.360 e. The zero-order valence-electron chi connectivity index (χ0n) is 12.0. The quantitative estimate of drug-likeness (QED) is 0.930. The Kier molecular flexibility index (Phi) is 3.59. The SMILES string of the molecule is CC1CNC(C)(c2ccccc2)CN1Cc1ccno1. The topological polar surface area (TPSA) is 41.3 Å². The van der Waals surface area contributed by atoms with Crippen LogP contribution in [0.1, 0.15) is 25.2 Å². The third kappa shape index (κ3) is 2.62. The molecule has 2 atom stereocenters. The van der Waals surface area contributed by atoms with Gasteiger partial charge in [0.15, 0.2) is 5.76 Å². The Hall–Kier alpha value is -1.65. The highest BCUT2D eigenvalue weighted by atomic mass is 16.5. The minimum absolute atomic E-state index is 0.0200. The fraction of sp³-hybridized carbons (Fsp3) is 0.438. The van der Waals surface area contributed by atoms with Gasteiger partial charge in [0.25, 0.3) is 0 Å². The summed E-state index contributed by atoms with van der Waals surface area (Å²) in [6.45, 7) is 7.25. The van der Waals surface area contributed by atoms with Gasteiger partial charge in [-0.1, -0.05) is 35.5 Å². The van der Waals surface area contributed by atoms with Crippen LogP contribution in [0.25, 0.3) is 0 Å². The normalized spacial score (nSPS) is 27.6. The molecule has 2 aromatic rings. The number of nitrogens with one attached hydrogen (secondary N) is 1. The van der Waals surface area contributed by atoms with Crippen molar-refractivity contribution in [2.24, 2.45) is 0 Å². The summed E-state index contributed by atoms with van der Waals surface area (Å²) in [5.41, 5.74) is 1.31. The third-order valence-electron chi connectivity index (χ3n) is 4.19. The van der Waals surface area contributed by atoms with Gasteiger partial charge in [0, 0.05) is 25.2 Å². The van der Waals surface area contributed by atoms with Crippen LogP contribution in [0.4, 0.5) is 0 Å². The molecule has 0 aliphatic carbocycles. The van der Waals surface area contributed by atoms with Crippen molar-refractivity contribution in [1.82, 2.24) is 15.4 Å². The second kappa shape index (κ2) is 5.38. The van der Waals surface area contributed by atoms with E-state index in [1.54, 1.807) is 6.20 Å². The molecular weight excluding hydrogens is 250 g/mol. The van der Waals surface area contributed by atoms with Crippen molar-refractivity contribution in [2.45, 2.75) is 32.0 Å². The van der Waals surface area contributed by atoms with Gasteiger partial charge in [0.2, 0.25) is 0 Å². The first-order valence-electron chi connectivity index (χ1n) is 7.11. The molecule has 0 radical (unpaired) electrons. The first kappa shape index (κ1) is 13.3. The van der Waals surface area contributed by atoms with Gasteiger partial charge in [-0.05, 0) is 19.4 Å². The lowest BCUT2D eigenvalue weighted by molar-refractivity contribution is 0.0792. The summed E-state index contributed by atoms with van der Waals surface area (Å²) in [5, 5.41) is 7.47. The first-order valence-corrected chi connectivity index (χ1v) is 7.11. The molecule has 1 aliphatic heterocycles. The monoisotopic (exact) mass is 271 g/mol. The highest BCUT2D eigenvalue weighted by molar-refractivity contribution is 5.25. The predicted molar refractivity (Wildman–Crippen MR) is 78.2 cm³/mol. The molecule has 0 bridgehead atoms. The van der Waals surface area contributed by atoms with Crippen LogP contribution in [-0.2, 0) is 12.1 Å². The lowest BCUT2D eigenvalue weighted by Crippen LogP contribution is -2.59. The Morgan fingerprint density at radius 1 is 1.35 bits per heavy atom. The molecule has 106 valence electrons. The highest BCUT2D eigenvalue weighted by Crippen LogP contribution is 2.27. The lowest BCUT2D eigenvalue weighted by atomic mass is 9.88. The zero-order chi connectivity index (χ0) is 14.0. The second-order valence-corrected chi connectivity index (χ2v) is 5.81. The summed E-state index contributed by atoms with van der Waals surface area (Å²) >= 11 is 0. The number of nitrogens with zero attached hydrogens (tertiary/aromatic N) is 2. The Bertz CT molecular complexity index is 540. The van der Waals surface area contributed by atoms with Crippen LogP contribution in [0.3, 0.4) is 0 Å². The van der Waals surface area contributed by atoms with E-state index in [0.717, 1.165) is 25.4 Å². The van der Waals surface area contributed by atoms with E-state index in [-0.39, 0.29) is 5.54 Å². The highest BCUT2D eigenvalue weighted by Gasteiger charge is 2.35. The summed E-state index contributed by atoms with van der Waals surface area (Å²) < 4.78 is 5.25. The molecule has 2 unspecified atom stereocenters. The molecule has 1 saturated heterocycles. The van der Waals surface area contributed by atoms with Crippen LogP contribution in [0.5, 0.6) is 0 Å². The van der Waals surface area contributed by atoms with E-state index in [9.17, 15) is 0 Å². The van der Waals surface area contributed by atoms with Crippen molar-refractivity contribution in [2.75, 3.05) is 13.1 Å². The van der Waals surface area contributed by atoms with Crippen molar-refractivity contribution in [1.29, 1.82) is 0 Å². The molecule has 1 N–H and O–H groups in total. The zero-order valence-corrected chi connectivity index (χ0v) is 12.0. The Labute approximate surface area is 119 Å². The average Bonchev–Trinajstić information content (AvgIpc) is 2.97. The van der Waals surface area contributed by atoms with Crippen LogP contribution >= 0.6 is 0 Å². The Morgan fingerprint density at radius 2 is 2.15 bits per heavy atom. The standard InChI is InChI=1S/C16H21N3O/c1-13-10-17-16(2,14-6-4-3-5-7-14)12-19(13)11-15-8-9-18-20-15/h3-9,13,17H,10-12H2,1-2H3. The van der Waals surface area contributed by atoms with E-state index in [4.69, 9.17) is 4.52 Å². The molecule has 1 aromatic carbocycles. The number of aromatic nitrogens is 1. The molecule has 0 amide bonds. The van der Waals surface area contributed by atoms with Gasteiger partial charge in [-0.2, -0.15) is 0 Å². The van der Waals surface area contributed by atoms with Crippen molar-refractivity contribution in [3.63, 3.8) is 0 Å². The summed E-state index contributed by atoms with van der Waals surface area (Å²) in [7, 11) is 0. The largest absolute Gasteiger partial charge is 0.360 e. The van der Waals surface area contributed by atoms with Gasteiger partial charge in [-0.25, -0.2) is 0 Å². The number of hydrogen-bond acceptors (Lipinski definition) is 4. The van der Waals surface area contributed by atoms with Gasteiger partial charge < -0.3 is 9.84 Å². The average molecular weight is 271 g/mol. The fourth-order valence-electron chi connectivity index (χ4n) is 2.85. The molecule has 4 nitrogen and oxygen atoms in total. The number of rotatable bonds is 3. The van der Waals surface area contributed by atoms with Gasteiger partial charge in [-0.15, -0.1) is 0 Å². The van der Waals surface area contributed by atoms with Crippen molar-refractivity contribution < 1.29 is 4.52 Å². The van der Waals surface area contributed by atoms with Crippen LogP contribution in [-0.4, -0.2) is 29.2 Å². The van der Waals surface area contributed by atoms with Crippen molar-refractivity contribution in [3.05, 3.63) is 53.9 Å². The van der Waals surface area contributed by atoms with Crippen LogP contribution in [0, 0.1) is 0 Å². The smallest absolute Gasteiger partial charge is 0.150 e. The van der Waals surface area contributed by atoms with Crippen LogP contribution in [0.2, 0.25) is 0 Å². The maximum atomic E-state index is 5.25. The molecule has 0 saturated carbocycles. The predicted octanol–water partition coefficient (Wildman–Crippen LogP) is 2.38. The van der Waals surface area contributed by atoms with Crippen LogP contribution in [0.15, 0.2) is 47.1 Å². The summed E-state index contributed by atoms with van der Waals surface area (Å²) in [6, 6.07) is 13.1. The molecule has 3 rings (SSSR count). The molecule has 1 fully saturated rings. The molecule has 20 heavy (non-hydrogen) atoms. The van der Waals surface area contributed by atoms with Crippen molar-refractivity contribution >= 4 is 0 Å². The van der Waals surface area contributed by atoms with Crippen molar-refractivity contribution in [3.8, 4) is 0 Å². The maximum absolute atomic E-state index is 5.25. The fourth-order valence-corrected chi connectivity index (χ4v) is 2.85. The molecule has 1 aliphatic rings. The second-order valence-electron chi connectivity index (χ2n) is 5.81. The first-order chi connectivity index (χ1) is 9.67. The van der Waals surface area contributed by atoms with E-state index in [0.29, 0.717) is 6.04 Å². The Morgan fingerprint density at radius 3 is 2.85 bits per heavy atom. The summed E-state index contributed by atoms with van der Waals surface area (Å²) in [4.78, 5) is 2.45. The van der Waals surface area contributed by atoms with E-state index in [1.165, 1.54) is 5.56 Å². The van der Waals surface area contributed by atoms with Crippen LogP contribution < -0.4 is 5.32 Å². The number of benzene rings is 1. The molecule has 2 heterocycles. The molecular formula is C16H21N3O. The van der Waals surface area contributed by atoms with E-state index >= 15 is 0 Å². The van der Waals surface area contributed by atoms with Gasteiger partial charge in [0.05, 0.1) is 18.3 Å².